The first-order valence-corrected chi connectivity index (χ1v) is 10.3. The van der Waals surface area contributed by atoms with Crippen LogP contribution >= 0.6 is 0 Å². The van der Waals surface area contributed by atoms with Gasteiger partial charge in [-0.25, -0.2) is 13.8 Å². The molecule has 0 radical (unpaired) electrons. The molecule has 0 aliphatic rings. The van der Waals surface area contributed by atoms with Gasteiger partial charge >= 0.3 is 0 Å². The standard InChI is InChI=1S/C25H17F2N5O2/c26-17-8-14(9-18(27)11-17)12-29-23(33)19-6-3-7-20-22(19)31-25(30-20)32-24(34)21-10-15-4-1-2-5-16(15)13-28-21/h1-11,13H,12H2,(H,29,33)(H2,30,31,32,34). The number of halogens is 2. The number of nitrogens with one attached hydrogen (secondary N) is 3. The van der Waals surface area contributed by atoms with Crippen LogP contribution in [0.25, 0.3) is 21.8 Å². The van der Waals surface area contributed by atoms with E-state index in [0.717, 1.165) is 29.0 Å². The lowest BCUT2D eigenvalue weighted by atomic mass is 10.1. The van der Waals surface area contributed by atoms with E-state index >= 15 is 0 Å². The van der Waals surface area contributed by atoms with Gasteiger partial charge < -0.3 is 10.3 Å². The van der Waals surface area contributed by atoms with Crippen LogP contribution in [-0.2, 0) is 6.54 Å². The highest BCUT2D eigenvalue weighted by Gasteiger charge is 2.16. The smallest absolute Gasteiger partial charge is 0.276 e. The number of rotatable bonds is 5. The number of carbonyl (C=O) groups excluding carboxylic acids is 2. The van der Waals surface area contributed by atoms with Crippen LogP contribution in [0.15, 0.2) is 72.9 Å². The third kappa shape index (κ3) is 4.31. The quantitative estimate of drug-likeness (QED) is 0.360. The monoisotopic (exact) mass is 457 g/mol. The maximum atomic E-state index is 13.4. The second-order valence-corrected chi connectivity index (χ2v) is 7.62. The highest BCUT2D eigenvalue weighted by molar-refractivity contribution is 6.07. The normalized spacial score (nSPS) is 11.0. The molecule has 3 N–H and O–H groups in total. The molecule has 0 aliphatic heterocycles. The molecular formula is C25H17F2N5O2. The summed E-state index contributed by atoms with van der Waals surface area (Å²) in [6, 6.07) is 17.2. The van der Waals surface area contributed by atoms with Gasteiger partial charge in [0.1, 0.15) is 22.8 Å². The number of nitrogens with zero attached hydrogens (tertiary/aromatic N) is 2. The molecule has 0 fully saturated rings. The van der Waals surface area contributed by atoms with E-state index < -0.39 is 23.4 Å². The van der Waals surface area contributed by atoms with Gasteiger partial charge in [0.25, 0.3) is 11.8 Å². The number of para-hydroxylation sites is 1. The van der Waals surface area contributed by atoms with Crippen LogP contribution in [0.1, 0.15) is 26.4 Å². The van der Waals surface area contributed by atoms with Crippen molar-refractivity contribution in [2.24, 2.45) is 0 Å². The van der Waals surface area contributed by atoms with E-state index in [2.05, 4.69) is 25.6 Å². The zero-order valence-electron chi connectivity index (χ0n) is 17.6. The predicted octanol–water partition coefficient (Wildman–Crippen LogP) is 4.57. The van der Waals surface area contributed by atoms with Crippen molar-refractivity contribution in [3.63, 3.8) is 0 Å². The SMILES string of the molecule is O=C(Nc1nc2c(C(=O)NCc3cc(F)cc(F)c3)cccc2[nH]1)c1cc2ccccc2cn1. The lowest BCUT2D eigenvalue weighted by Gasteiger charge is -2.06. The second-order valence-electron chi connectivity index (χ2n) is 7.62. The zero-order chi connectivity index (χ0) is 23.7. The molecule has 2 heterocycles. The van der Waals surface area contributed by atoms with Gasteiger partial charge in [-0.3, -0.25) is 19.9 Å². The Labute approximate surface area is 191 Å². The molecule has 0 spiro atoms. The number of benzene rings is 3. The molecule has 168 valence electrons. The number of carbonyl (C=O) groups is 2. The van der Waals surface area contributed by atoms with Crippen molar-refractivity contribution < 1.29 is 18.4 Å². The molecule has 2 amide bonds. The van der Waals surface area contributed by atoms with E-state index in [-0.39, 0.29) is 29.3 Å². The minimum atomic E-state index is -0.722. The molecule has 3 aromatic carbocycles. The number of hydrogen-bond acceptors (Lipinski definition) is 4. The fraction of sp³-hybridized carbons (Fsp3) is 0.0400. The molecule has 0 atom stereocenters. The fourth-order valence-electron chi connectivity index (χ4n) is 3.64. The Morgan fingerprint density at radius 1 is 0.882 bits per heavy atom. The van der Waals surface area contributed by atoms with Crippen LogP contribution in [0, 0.1) is 11.6 Å². The molecule has 0 saturated carbocycles. The number of imidazole rings is 1. The maximum Gasteiger partial charge on any atom is 0.276 e. The number of fused-ring (bicyclic) bond motifs is 2. The number of hydrogen-bond donors (Lipinski definition) is 3. The van der Waals surface area contributed by atoms with E-state index in [1.54, 1.807) is 30.5 Å². The number of pyridine rings is 1. The second kappa shape index (κ2) is 8.70. The summed E-state index contributed by atoms with van der Waals surface area (Å²) in [5.41, 5.74) is 1.63. The maximum absolute atomic E-state index is 13.4. The number of aromatic nitrogens is 3. The lowest BCUT2D eigenvalue weighted by Crippen LogP contribution is -2.23. The molecule has 2 aromatic heterocycles. The van der Waals surface area contributed by atoms with E-state index in [1.165, 1.54) is 0 Å². The van der Waals surface area contributed by atoms with E-state index in [0.29, 0.717) is 11.0 Å². The first kappa shape index (κ1) is 21.2. The van der Waals surface area contributed by atoms with Gasteiger partial charge in [0.15, 0.2) is 0 Å². The summed E-state index contributed by atoms with van der Waals surface area (Å²) in [5.74, 6) is -2.22. The summed E-state index contributed by atoms with van der Waals surface area (Å²) in [5, 5.41) is 7.09. The number of anilines is 1. The van der Waals surface area contributed by atoms with Crippen molar-refractivity contribution in [2.75, 3.05) is 5.32 Å². The van der Waals surface area contributed by atoms with Crippen LogP contribution in [0.4, 0.5) is 14.7 Å². The molecule has 0 saturated heterocycles. The van der Waals surface area contributed by atoms with E-state index in [4.69, 9.17) is 0 Å². The van der Waals surface area contributed by atoms with Crippen LogP contribution < -0.4 is 10.6 Å². The van der Waals surface area contributed by atoms with Crippen molar-refractivity contribution in [2.45, 2.75) is 6.54 Å². The Hall–Kier alpha value is -4.66. The highest BCUT2D eigenvalue weighted by Crippen LogP contribution is 2.20. The Morgan fingerprint density at radius 3 is 2.44 bits per heavy atom. The molecule has 5 aromatic rings. The Kier molecular flexibility index (Phi) is 5.43. The van der Waals surface area contributed by atoms with Crippen LogP contribution in [0.2, 0.25) is 0 Å². The minimum absolute atomic E-state index is 0.0639. The topological polar surface area (TPSA) is 99.8 Å². The van der Waals surface area contributed by atoms with Crippen molar-refractivity contribution in [3.8, 4) is 0 Å². The van der Waals surface area contributed by atoms with Crippen molar-refractivity contribution in [1.82, 2.24) is 20.3 Å². The Bertz CT molecular complexity index is 1540. The third-order valence-electron chi connectivity index (χ3n) is 5.23. The minimum Gasteiger partial charge on any atom is -0.348 e. The molecule has 5 rings (SSSR count). The molecular weight excluding hydrogens is 440 g/mol. The number of H-pyrrole nitrogens is 1. The van der Waals surface area contributed by atoms with Crippen LogP contribution in [0.3, 0.4) is 0 Å². The Balaban J connectivity index is 1.35. The van der Waals surface area contributed by atoms with Crippen molar-refractivity contribution in [3.05, 3.63) is 101 Å². The lowest BCUT2D eigenvalue weighted by molar-refractivity contribution is 0.0951. The molecule has 0 unspecified atom stereocenters. The average molecular weight is 457 g/mol. The van der Waals surface area contributed by atoms with Gasteiger partial charge in [0, 0.05) is 24.2 Å². The number of aromatic amines is 1. The molecule has 34 heavy (non-hydrogen) atoms. The summed E-state index contributed by atoms with van der Waals surface area (Å²) in [4.78, 5) is 36.9. The van der Waals surface area contributed by atoms with Crippen LogP contribution in [0.5, 0.6) is 0 Å². The number of amides is 2. The van der Waals surface area contributed by atoms with Crippen molar-refractivity contribution in [1.29, 1.82) is 0 Å². The van der Waals surface area contributed by atoms with Gasteiger partial charge in [-0.1, -0.05) is 30.3 Å². The molecule has 7 nitrogen and oxygen atoms in total. The molecule has 0 aliphatic carbocycles. The Morgan fingerprint density at radius 2 is 1.65 bits per heavy atom. The predicted molar refractivity (Wildman–Crippen MR) is 123 cm³/mol. The van der Waals surface area contributed by atoms with Gasteiger partial charge in [0.2, 0.25) is 5.95 Å². The largest absolute Gasteiger partial charge is 0.348 e. The summed E-state index contributed by atoms with van der Waals surface area (Å²) in [7, 11) is 0. The first-order valence-electron chi connectivity index (χ1n) is 10.3. The third-order valence-corrected chi connectivity index (χ3v) is 5.23. The van der Waals surface area contributed by atoms with Crippen LogP contribution in [-0.4, -0.2) is 26.8 Å². The fourth-order valence-corrected chi connectivity index (χ4v) is 3.64. The summed E-state index contributed by atoms with van der Waals surface area (Å²) < 4.78 is 26.8. The molecule has 0 bridgehead atoms. The first-order chi connectivity index (χ1) is 16.5. The summed E-state index contributed by atoms with van der Waals surface area (Å²) in [6.07, 6.45) is 1.62. The molecule has 9 heteroatoms. The van der Waals surface area contributed by atoms with Crippen molar-refractivity contribution >= 4 is 39.6 Å². The summed E-state index contributed by atoms with van der Waals surface area (Å²) >= 11 is 0. The van der Waals surface area contributed by atoms with E-state index in [9.17, 15) is 18.4 Å². The van der Waals surface area contributed by atoms with Gasteiger partial charge in [0.05, 0.1) is 11.1 Å². The van der Waals surface area contributed by atoms with Gasteiger partial charge in [-0.15, -0.1) is 0 Å². The van der Waals surface area contributed by atoms with Gasteiger partial charge in [-0.2, -0.15) is 0 Å². The zero-order valence-corrected chi connectivity index (χ0v) is 17.6. The van der Waals surface area contributed by atoms with Gasteiger partial charge in [-0.05, 0) is 41.3 Å². The van der Waals surface area contributed by atoms with E-state index in [1.807, 2.05) is 24.3 Å². The summed E-state index contributed by atoms with van der Waals surface area (Å²) in [6.45, 7) is -0.0639. The highest BCUT2D eigenvalue weighted by atomic mass is 19.1. The average Bonchev–Trinajstić information content (AvgIpc) is 3.24.